The van der Waals surface area contributed by atoms with Crippen molar-refractivity contribution in [2.75, 3.05) is 11.9 Å². The van der Waals surface area contributed by atoms with Gasteiger partial charge in [0.05, 0.1) is 16.8 Å². The Labute approximate surface area is 223 Å². The van der Waals surface area contributed by atoms with Gasteiger partial charge in [0.2, 0.25) is 0 Å². The van der Waals surface area contributed by atoms with Crippen molar-refractivity contribution in [1.82, 2.24) is 0 Å². The maximum Gasteiger partial charge on any atom is 0.266 e. The molecule has 0 bridgehead atoms. The first-order chi connectivity index (χ1) is 17.9. The second-order valence-electron chi connectivity index (χ2n) is 8.24. The number of benzene rings is 4. The Morgan fingerprint density at radius 1 is 1.08 bits per heavy atom. The van der Waals surface area contributed by atoms with E-state index in [0.29, 0.717) is 34.7 Å². The maximum atomic E-state index is 13.9. The average Bonchev–Trinajstić information content (AvgIpc) is 2.89. The van der Waals surface area contributed by atoms with Gasteiger partial charge in [-0.05, 0) is 82.0 Å². The number of halogens is 2. The second kappa shape index (κ2) is 11.7. The fourth-order valence-electron chi connectivity index (χ4n) is 3.92. The van der Waals surface area contributed by atoms with Gasteiger partial charge in [0.1, 0.15) is 24.1 Å². The number of ether oxygens (including phenoxy) is 2. The lowest BCUT2D eigenvalue weighted by Crippen LogP contribution is -2.14. The molecule has 0 heterocycles. The van der Waals surface area contributed by atoms with Gasteiger partial charge in [-0.1, -0.05) is 48.5 Å². The summed E-state index contributed by atoms with van der Waals surface area (Å²) in [5.41, 5.74) is 2.55. The van der Waals surface area contributed by atoms with Crippen molar-refractivity contribution in [3.8, 4) is 17.6 Å². The Bertz CT molecular complexity index is 1540. The van der Waals surface area contributed by atoms with Crippen molar-refractivity contribution in [2.24, 2.45) is 0 Å². The molecule has 0 saturated heterocycles. The van der Waals surface area contributed by atoms with Crippen molar-refractivity contribution in [2.45, 2.75) is 20.5 Å². The summed E-state index contributed by atoms with van der Waals surface area (Å²) in [6.07, 6.45) is 1.42. The largest absolute Gasteiger partial charge is 0.490 e. The summed E-state index contributed by atoms with van der Waals surface area (Å²) in [4.78, 5) is 12.6. The second-order valence-corrected chi connectivity index (χ2v) is 9.09. The molecule has 0 fully saturated rings. The molecule has 186 valence electrons. The minimum absolute atomic E-state index is 0.00249. The lowest BCUT2D eigenvalue weighted by atomic mass is 10.0. The van der Waals surface area contributed by atoms with E-state index in [2.05, 4.69) is 45.5 Å². The van der Waals surface area contributed by atoms with Crippen LogP contribution in [0.3, 0.4) is 0 Å². The monoisotopic (exact) mass is 558 g/mol. The molecule has 4 aromatic carbocycles. The first-order valence-corrected chi connectivity index (χ1v) is 12.4. The zero-order valence-corrected chi connectivity index (χ0v) is 21.9. The number of amides is 1. The molecule has 0 unspecified atom stereocenters. The minimum Gasteiger partial charge on any atom is -0.490 e. The smallest absolute Gasteiger partial charge is 0.266 e. The van der Waals surface area contributed by atoms with E-state index in [9.17, 15) is 14.4 Å². The van der Waals surface area contributed by atoms with Crippen LogP contribution in [0.1, 0.15) is 23.6 Å². The molecule has 0 radical (unpaired) electrons. The molecular formula is C30H24BrFN2O3. The van der Waals surface area contributed by atoms with Crippen molar-refractivity contribution in [1.29, 1.82) is 5.26 Å². The van der Waals surface area contributed by atoms with Gasteiger partial charge in [-0.15, -0.1) is 0 Å². The summed E-state index contributed by atoms with van der Waals surface area (Å²) < 4.78 is 26.6. The number of nitrogens with one attached hydrogen (secondary N) is 1. The number of fused-ring (bicyclic) bond motifs is 1. The van der Waals surface area contributed by atoms with Crippen LogP contribution in [0.15, 0.2) is 82.8 Å². The van der Waals surface area contributed by atoms with Gasteiger partial charge in [0, 0.05) is 5.56 Å². The van der Waals surface area contributed by atoms with E-state index in [1.54, 1.807) is 18.2 Å². The van der Waals surface area contributed by atoms with Crippen LogP contribution in [-0.4, -0.2) is 12.5 Å². The summed E-state index contributed by atoms with van der Waals surface area (Å²) in [6.45, 7) is 4.63. The fraction of sp³-hybridized carbons (Fsp3) is 0.133. The number of nitrogens with zero attached hydrogens (tertiary/aromatic N) is 1. The van der Waals surface area contributed by atoms with Crippen LogP contribution in [0.25, 0.3) is 16.8 Å². The number of hydrogen-bond donors (Lipinski definition) is 1. The molecule has 1 N–H and O–H groups in total. The number of carbonyl (C=O) groups is 1. The minimum atomic E-state index is -0.714. The Hall–Kier alpha value is -4.15. The molecule has 0 aliphatic heterocycles. The molecule has 7 heteroatoms. The van der Waals surface area contributed by atoms with E-state index in [0.717, 1.165) is 21.9 Å². The number of hydrogen-bond acceptors (Lipinski definition) is 4. The third kappa shape index (κ3) is 5.99. The van der Waals surface area contributed by atoms with Crippen molar-refractivity contribution in [3.05, 3.63) is 105 Å². The predicted octanol–water partition coefficient (Wildman–Crippen LogP) is 7.57. The van der Waals surface area contributed by atoms with Gasteiger partial charge >= 0.3 is 0 Å². The Balaban J connectivity index is 1.62. The molecule has 0 aliphatic carbocycles. The van der Waals surface area contributed by atoms with E-state index in [-0.39, 0.29) is 11.3 Å². The molecule has 0 saturated carbocycles. The summed E-state index contributed by atoms with van der Waals surface area (Å²) in [5.74, 6) is -0.320. The highest BCUT2D eigenvalue weighted by Gasteiger charge is 2.16. The van der Waals surface area contributed by atoms with Gasteiger partial charge in [-0.3, -0.25) is 4.79 Å². The standard InChI is InChI=1S/C30H24BrFN2O3/c1-3-36-28-16-20(14-22(17-33)30(35)34-27-11-7-6-10-26(27)32)15-25(31)29(28)37-18-24-19(2)12-13-21-8-4-5-9-23(21)24/h4-16H,3,18H2,1-2H3,(H,34,35)/b22-14+. The normalized spacial score (nSPS) is 11.2. The fourth-order valence-corrected chi connectivity index (χ4v) is 4.50. The van der Waals surface area contributed by atoms with Gasteiger partial charge < -0.3 is 14.8 Å². The van der Waals surface area contributed by atoms with Crippen LogP contribution in [0, 0.1) is 24.1 Å². The van der Waals surface area contributed by atoms with E-state index in [4.69, 9.17) is 9.47 Å². The van der Waals surface area contributed by atoms with Gasteiger partial charge in [-0.25, -0.2) is 4.39 Å². The molecule has 1 amide bonds. The molecule has 0 atom stereocenters. The third-order valence-electron chi connectivity index (χ3n) is 5.77. The summed E-state index contributed by atoms with van der Waals surface area (Å²) in [5, 5.41) is 14.3. The Morgan fingerprint density at radius 2 is 1.84 bits per heavy atom. The molecular weight excluding hydrogens is 535 g/mol. The van der Waals surface area contributed by atoms with Crippen LogP contribution in [-0.2, 0) is 11.4 Å². The number of aryl methyl sites for hydroxylation is 1. The molecule has 0 aromatic heterocycles. The summed E-state index contributed by atoms with van der Waals surface area (Å²) >= 11 is 3.55. The molecule has 0 spiro atoms. The molecule has 4 rings (SSSR count). The van der Waals surface area contributed by atoms with Crippen LogP contribution >= 0.6 is 15.9 Å². The first-order valence-electron chi connectivity index (χ1n) is 11.6. The quantitative estimate of drug-likeness (QED) is 0.179. The number of anilines is 1. The number of para-hydroxylation sites is 1. The van der Waals surface area contributed by atoms with E-state index < -0.39 is 11.7 Å². The van der Waals surface area contributed by atoms with E-state index >= 15 is 0 Å². The Kier molecular flexibility index (Phi) is 8.22. The number of nitriles is 1. The number of carbonyl (C=O) groups excluding carboxylic acids is 1. The van der Waals surface area contributed by atoms with Gasteiger partial charge in [0.15, 0.2) is 11.5 Å². The summed E-state index contributed by atoms with van der Waals surface area (Å²) in [6, 6.07) is 23.4. The van der Waals surface area contributed by atoms with Gasteiger partial charge in [0.25, 0.3) is 5.91 Å². The third-order valence-corrected chi connectivity index (χ3v) is 6.35. The maximum absolute atomic E-state index is 13.9. The van der Waals surface area contributed by atoms with E-state index in [1.807, 2.05) is 32.0 Å². The lowest BCUT2D eigenvalue weighted by molar-refractivity contribution is -0.112. The van der Waals surface area contributed by atoms with E-state index in [1.165, 1.54) is 24.3 Å². The molecule has 5 nitrogen and oxygen atoms in total. The average molecular weight is 559 g/mol. The van der Waals surface area contributed by atoms with Crippen molar-refractivity contribution < 1.29 is 18.7 Å². The van der Waals surface area contributed by atoms with Crippen LogP contribution in [0.4, 0.5) is 10.1 Å². The summed E-state index contributed by atoms with van der Waals surface area (Å²) in [7, 11) is 0. The van der Waals surface area contributed by atoms with Gasteiger partial charge in [-0.2, -0.15) is 5.26 Å². The van der Waals surface area contributed by atoms with Crippen LogP contribution in [0.2, 0.25) is 0 Å². The zero-order chi connectivity index (χ0) is 26.4. The zero-order valence-electron chi connectivity index (χ0n) is 20.3. The SMILES string of the molecule is CCOc1cc(/C=C(\C#N)C(=O)Nc2ccccc2F)cc(Br)c1OCc1c(C)ccc2ccccc12. The molecule has 0 aliphatic rings. The predicted molar refractivity (Wildman–Crippen MR) is 147 cm³/mol. The molecule has 4 aromatic rings. The number of rotatable bonds is 8. The first kappa shape index (κ1) is 25.9. The van der Waals surface area contributed by atoms with Crippen LogP contribution in [0.5, 0.6) is 11.5 Å². The van der Waals surface area contributed by atoms with Crippen LogP contribution < -0.4 is 14.8 Å². The highest BCUT2D eigenvalue weighted by Crippen LogP contribution is 2.38. The van der Waals surface area contributed by atoms with Crippen molar-refractivity contribution in [3.63, 3.8) is 0 Å². The Morgan fingerprint density at radius 3 is 2.59 bits per heavy atom. The molecule has 37 heavy (non-hydrogen) atoms. The lowest BCUT2D eigenvalue weighted by Gasteiger charge is -2.17. The van der Waals surface area contributed by atoms with Crippen molar-refractivity contribution >= 4 is 44.4 Å². The highest BCUT2D eigenvalue weighted by molar-refractivity contribution is 9.10. The topological polar surface area (TPSA) is 71.3 Å². The highest BCUT2D eigenvalue weighted by atomic mass is 79.9.